The molecule has 0 saturated carbocycles. The molecule has 0 unspecified atom stereocenters. The van der Waals surface area contributed by atoms with E-state index in [1.807, 2.05) is 36.4 Å². The molecule has 1 saturated heterocycles. The Kier molecular flexibility index (Phi) is 4.75. The summed E-state index contributed by atoms with van der Waals surface area (Å²) in [5.74, 6) is -0.985. The van der Waals surface area contributed by atoms with Crippen LogP contribution in [0.4, 0.5) is 0 Å². The molecule has 3 aromatic rings. The lowest BCUT2D eigenvalue weighted by Gasteiger charge is -2.41. The van der Waals surface area contributed by atoms with Gasteiger partial charge in [0.05, 0.1) is 24.2 Å². The largest absolute Gasteiger partial charge is 0.478 e. The number of hydrogen-bond donors (Lipinski definition) is 1. The number of aromatic carboxylic acids is 1. The van der Waals surface area contributed by atoms with Crippen molar-refractivity contribution in [2.45, 2.75) is 11.7 Å². The SMILES string of the molecule is O=C(O)c1ccccc1C1OCC(c2ccccc2)(c2ccccc2)CO1. The Bertz CT molecular complexity index is 872. The minimum Gasteiger partial charge on any atom is -0.478 e. The first-order valence-corrected chi connectivity index (χ1v) is 8.87. The molecule has 0 amide bonds. The molecular weight excluding hydrogens is 340 g/mol. The maximum atomic E-state index is 11.5. The molecule has 4 heteroatoms. The highest BCUT2D eigenvalue weighted by Gasteiger charge is 2.41. The van der Waals surface area contributed by atoms with Crippen LogP contribution in [0.1, 0.15) is 33.3 Å². The van der Waals surface area contributed by atoms with Crippen LogP contribution in [-0.2, 0) is 14.9 Å². The highest BCUT2D eigenvalue weighted by Crippen LogP contribution is 2.40. The van der Waals surface area contributed by atoms with E-state index in [0.717, 1.165) is 11.1 Å². The third-order valence-electron chi connectivity index (χ3n) is 5.06. The average molecular weight is 360 g/mol. The Morgan fingerprint density at radius 1 is 0.778 bits per heavy atom. The Labute approximate surface area is 158 Å². The Balaban J connectivity index is 1.68. The molecule has 1 aliphatic rings. The van der Waals surface area contributed by atoms with Crippen LogP contribution in [0.2, 0.25) is 0 Å². The van der Waals surface area contributed by atoms with E-state index in [-0.39, 0.29) is 5.56 Å². The molecule has 136 valence electrons. The van der Waals surface area contributed by atoms with Crippen molar-refractivity contribution in [1.82, 2.24) is 0 Å². The molecule has 3 aromatic carbocycles. The van der Waals surface area contributed by atoms with Gasteiger partial charge in [0.1, 0.15) is 0 Å². The molecule has 0 aliphatic carbocycles. The van der Waals surface area contributed by atoms with E-state index in [1.54, 1.807) is 24.3 Å². The molecule has 1 heterocycles. The molecule has 4 rings (SSSR count). The van der Waals surface area contributed by atoms with Gasteiger partial charge in [-0.25, -0.2) is 4.79 Å². The Hall–Kier alpha value is -2.95. The lowest BCUT2D eigenvalue weighted by molar-refractivity contribution is -0.207. The highest BCUT2D eigenvalue weighted by atomic mass is 16.7. The summed E-state index contributed by atoms with van der Waals surface area (Å²) in [6.45, 7) is 0.805. The van der Waals surface area contributed by atoms with E-state index in [0.29, 0.717) is 18.8 Å². The molecule has 0 bridgehead atoms. The second kappa shape index (κ2) is 7.35. The van der Waals surface area contributed by atoms with Gasteiger partial charge in [0.15, 0.2) is 6.29 Å². The summed E-state index contributed by atoms with van der Waals surface area (Å²) in [6, 6.07) is 27.1. The number of benzene rings is 3. The second-order valence-electron chi connectivity index (χ2n) is 6.66. The summed E-state index contributed by atoms with van der Waals surface area (Å²) in [7, 11) is 0. The van der Waals surface area contributed by atoms with Crippen molar-refractivity contribution in [3.63, 3.8) is 0 Å². The predicted molar refractivity (Wildman–Crippen MR) is 102 cm³/mol. The van der Waals surface area contributed by atoms with Crippen molar-refractivity contribution in [2.75, 3.05) is 13.2 Å². The van der Waals surface area contributed by atoms with E-state index in [1.165, 1.54) is 0 Å². The van der Waals surface area contributed by atoms with Crippen LogP contribution in [0.15, 0.2) is 84.9 Å². The van der Waals surface area contributed by atoms with E-state index in [4.69, 9.17) is 9.47 Å². The van der Waals surface area contributed by atoms with E-state index in [9.17, 15) is 9.90 Å². The fourth-order valence-electron chi connectivity index (χ4n) is 3.62. The van der Waals surface area contributed by atoms with Gasteiger partial charge in [-0.15, -0.1) is 0 Å². The number of ether oxygens (including phenoxy) is 2. The molecule has 4 nitrogen and oxygen atoms in total. The van der Waals surface area contributed by atoms with E-state index >= 15 is 0 Å². The lowest BCUT2D eigenvalue weighted by Crippen LogP contribution is -2.43. The van der Waals surface area contributed by atoms with Gasteiger partial charge in [0, 0.05) is 5.56 Å². The van der Waals surface area contributed by atoms with Crippen LogP contribution in [0.3, 0.4) is 0 Å². The molecule has 0 atom stereocenters. The zero-order valence-corrected chi connectivity index (χ0v) is 14.7. The van der Waals surface area contributed by atoms with Crippen LogP contribution in [0, 0.1) is 0 Å². The maximum Gasteiger partial charge on any atom is 0.336 e. The maximum absolute atomic E-state index is 11.5. The number of carboxylic acid groups (broad SMARTS) is 1. The van der Waals surface area contributed by atoms with E-state index in [2.05, 4.69) is 24.3 Å². The van der Waals surface area contributed by atoms with Gasteiger partial charge < -0.3 is 14.6 Å². The number of carbonyl (C=O) groups is 1. The summed E-state index contributed by atoms with van der Waals surface area (Å²) in [5, 5.41) is 9.44. The smallest absolute Gasteiger partial charge is 0.336 e. The molecule has 1 aliphatic heterocycles. The topological polar surface area (TPSA) is 55.8 Å². The standard InChI is InChI=1S/C23H20O4/c24-21(25)19-13-7-8-14-20(19)22-26-15-23(16-27-22,17-9-3-1-4-10-17)18-11-5-2-6-12-18/h1-14,22H,15-16H2,(H,24,25). The normalized spacial score (nSPS) is 16.7. The molecular formula is C23H20O4. The van der Waals surface area contributed by atoms with Crippen LogP contribution in [0.25, 0.3) is 0 Å². The fourth-order valence-corrected chi connectivity index (χ4v) is 3.62. The number of rotatable bonds is 4. The molecule has 1 fully saturated rings. The molecule has 0 radical (unpaired) electrons. The molecule has 0 aromatic heterocycles. The van der Waals surface area contributed by atoms with Gasteiger partial charge in [0.25, 0.3) is 0 Å². The Morgan fingerprint density at radius 3 is 1.78 bits per heavy atom. The van der Waals surface area contributed by atoms with Gasteiger partial charge in [-0.05, 0) is 17.2 Å². The van der Waals surface area contributed by atoms with Crippen molar-refractivity contribution in [1.29, 1.82) is 0 Å². The van der Waals surface area contributed by atoms with Crippen LogP contribution in [0.5, 0.6) is 0 Å². The number of hydrogen-bond acceptors (Lipinski definition) is 3. The van der Waals surface area contributed by atoms with Crippen molar-refractivity contribution in [3.8, 4) is 0 Å². The van der Waals surface area contributed by atoms with Crippen molar-refractivity contribution >= 4 is 5.97 Å². The van der Waals surface area contributed by atoms with Crippen LogP contribution in [-0.4, -0.2) is 24.3 Å². The summed E-state index contributed by atoms with van der Waals surface area (Å²) < 4.78 is 12.2. The third kappa shape index (κ3) is 3.25. The van der Waals surface area contributed by atoms with Gasteiger partial charge in [-0.3, -0.25) is 0 Å². The lowest BCUT2D eigenvalue weighted by atomic mass is 9.75. The zero-order chi connectivity index (χ0) is 18.7. The molecule has 1 N–H and O–H groups in total. The summed E-state index contributed by atoms with van der Waals surface area (Å²) in [5.41, 5.74) is 2.54. The molecule has 0 spiro atoms. The fraction of sp³-hybridized carbons (Fsp3) is 0.174. The quantitative estimate of drug-likeness (QED) is 0.748. The highest BCUT2D eigenvalue weighted by molar-refractivity contribution is 5.89. The average Bonchev–Trinajstić information content (AvgIpc) is 2.75. The monoisotopic (exact) mass is 360 g/mol. The molecule has 27 heavy (non-hydrogen) atoms. The zero-order valence-electron chi connectivity index (χ0n) is 14.7. The van der Waals surface area contributed by atoms with Crippen molar-refractivity contribution in [2.24, 2.45) is 0 Å². The predicted octanol–water partition coefficient (Wildman–Crippen LogP) is 4.42. The number of carboxylic acids is 1. The summed E-state index contributed by atoms with van der Waals surface area (Å²) in [6.07, 6.45) is -0.696. The van der Waals surface area contributed by atoms with Gasteiger partial charge in [0.2, 0.25) is 0 Å². The third-order valence-corrected chi connectivity index (χ3v) is 5.06. The van der Waals surface area contributed by atoms with Crippen molar-refractivity contribution in [3.05, 3.63) is 107 Å². The van der Waals surface area contributed by atoms with Crippen molar-refractivity contribution < 1.29 is 19.4 Å². The van der Waals surface area contributed by atoms with Crippen LogP contribution < -0.4 is 0 Å². The van der Waals surface area contributed by atoms with E-state index < -0.39 is 17.7 Å². The van der Waals surface area contributed by atoms with Crippen LogP contribution >= 0.6 is 0 Å². The summed E-state index contributed by atoms with van der Waals surface area (Å²) in [4.78, 5) is 11.5. The Morgan fingerprint density at radius 2 is 1.26 bits per heavy atom. The van der Waals surface area contributed by atoms with Gasteiger partial charge >= 0.3 is 5.97 Å². The van der Waals surface area contributed by atoms with Gasteiger partial charge in [-0.1, -0.05) is 78.9 Å². The first-order chi connectivity index (χ1) is 13.2. The van der Waals surface area contributed by atoms with Gasteiger partial charge in [-0.2, -0.15) is 0 Å². The second-order valence-corrected chi connectivity index (χ2v) is 6.66. The first-order valence-electron chi connectivity index (χ1n) is 8.87. The minimum absolute atomic E-state index is 0.203. The minimum atomic E-state index is -0.985. The summed E-state index contributed by atoms with van der Waals surface area (Å²) >= 11 is 0. The first kappa shape index (κ1) is 17.5.